The zero-order chi connectivity index (χ0) is 15.4. The van der Waals surface area contributed by atoms with Crippen molar-refractivity contribution < 1.29 is 28.2 Å². The topological polar surface area (TPSA) is 75.6 Å². The molecule has 1 fully saturated rings. The van der Waals surface area contributed by atoms with Crippen LogP contribution in [0.4, 0.5) is 14.5 Å². The molecule has 0 bridgehead atoms. The third-order valence-corrected chi connectivity index (χ3v) is 3.48. The molecule has 2 N–H and O–H groups in total. The lowest BCUT2D eigenvalue weighted by Gasteiger charge is -2.12. The summed E-state index contributed by atoms with van der Waals surface area (Å²) in [5.41, 5.74) is 0.344. The highest BCUT2D eigenvalue weighted by Gasteiger charge is 2.33. The fourth-order valence-electron chi connectivity index (χ4n) is 2.44. The van der Waals surface area contributed by atoms with E-state index < -0.39 is 18.5 Å². The summed E-state index contributed by atoms with van der Waals surface area (Å²) >= 11 is 0. The maximum Gasteiger partial charge on any atom is 0.387 e. The maximum absolute atomic E-state index is 12.1. The minimum atomic E-state index is -2.93. The zero-order valence-electron chi connectivity index (χ0n) is 11.1. The van der Waals surface area contributed by atoms with Crippen molar-refractivity contribution in [3.63, 3.8) is 0 Å². The predicted molar refractivity (Wildman–Crippen MR) is 70.2 cm³/mol. The van der Waals surface area contributed by atoms with Crippen molar-refractivity contribution >= 4 is 17.6 Å². The standard InChI is InChI=1S/C14H15F2NO4/c15-14(16)21-11-3-1-2-10(7-11)17-12(18)8-4-5-9(6-8)13(19)20/h1-3,7-9,14H,4-6H2,(H,17,18)(H,19,20)/t8-,9+/m1/s1. The molecule has 1 amide bonds. The third kappa shape index (κ3) is 4.14. The Morgan fingerprint density at radius 2 is 2.00 bits per heavy atom. The summed E-state index contributed by atoms with van der Waals surface area (Å²) in [4.78, 5) is 22.9. The van der Waals surface area contributed by atoms with Gasteiger partial charge in [0.05, 0.1) is 5.92 Å². The van der Waals surface area contributed by atoms with E-state index in [1.807, 2.05) is 0 Å². The Kier molecular flexibility index (Phi) is 4.72. The predicted octanol–water partition coefficient (Wildman–Crippen LogP) is 2.73. The van der Waals surface area contributed by atoms with E-state index in [4.69, 9.17) is 5.11 Å². The first-order valence-electron chi connectivity index (χ1n) is 6.54. The van der Waals surface area contributed by atoms with Gasteiger partial charge < -0.3 is 15.2 Å². The Morgan fingerprint density at radius 3 is 2.62 bits per heavy atom. The first-order chi connectivity index (χ1) is 9.95. The number of ether oxygens (including phenoxy) is 1. The van der Waals surface area contributed by atoms with E-state index in [-0.39, 0.29) is 17.6 Å². The van der Waals surface area contributed by atoms with Crippen molar-refractivity contribution in [2.45, 2.75) is 25.9 Å². The summed E-state index contributed by atoms with van der Waals surface area (Å²) in [6.07, 6.45) is 1.28. The normalized spacial score (nSPS) is 21.3. The molecule has 1 aliphatic rings. The number of hydrogen-bond acceptors (Lipinski definition) is 3. The summed E-state index contributed by atoms with van der Waals surface area (Å²) < 4.78 is 28.5. The first kappa shape index (κ1) is 15.2. The molecule has 0 radical (unpaired) electrons. The molecule has 1 saturated carbocycles. The van der Waals surface area contributed by atoms with Crippen LogP contribution < -0.4 is 10.1 Å². The quantitative estimate of drug-likeness (QED) is 0.876. The summed E-state index contributed by atoms with van der Waals surface area (Å²) in [6.45, 7) is -2.93. The SMILES string of the molecule is O=C(O)[C@H]1CC[C@@H](C(=O)Nc2cccc(OC(F)F)c2)C1. The smallest absolute Gasteiger partial charge is 0.387 e. The van der Waals surface area contributed by atoms with Crippen LogP contribution in [0.1, 0.15) is 19.3 Å². The second-order valence-electron chi connectivity index (χ2n) is 4.94. The van der Waals surface area contributed by atoms with Crippen LogP contribution in [0.15, 0.2) is 24.3 Å². The number of halogens is 2. The summed E-state index contributed by atoms with van der Waals surface area (Å²) in [7, 11) is 0. The largest absolute Gasteiger partial charge is 0.481 e. The number of carbonyl (C=O) groups is 2. The molecule has 21 heavy (non-hydrogen) atoms. The van der Waals surface area contributed by atoms with E-state index >= 15 is 0 Å². The van der Waals surface area contributed by atoms with Crippen LogP contribution in [0.5, 0.6) is 5.75 Å². The second kappa shape index (κ2) is 6.51. The van der Waals surface area contributed by atoms with Crippen LogP contribution in [0, 0.1) is 11.8 Å². The molecule has 1 aromatic carbocycles. The van der Waals surface area contributed by atoms with E-state index in [1.54, 1.807) is 6.07 Å². The molecule has 114 valence electrons. The number of nitrogens with one attached hydrogen (secondary N) is 1. The number of benzene rings is 1. The lowest BCUT2D eigenvalue weighted by molar-refractivity contribution is -0.141. The molecule has 0 saturated heterocycles. The first-order valence-corrected chi connectivity index (χ1v) is 6.54. The Labute approximate surface area is 119 Å². The van der Waals surface area contributed by atoms with Gasteiger partial charge in [0.1, 0.15) is 5.75 Å². The van der Waals surface area contributed by atoms with Gasteiger partial charge >= 0.3 is 12.6 Å². The molecule has 2 atom stereocenters. The minimum Gasteiger partial charge on any atom is -0.481 e. The van der Waals surface area contributed by atoms with E-state index in [9.17, 15) is 18.4 Å². The fourth-order valence-corrected chi connectivity index (χ4v) is 2.44. The maximum atomic E-state index is 12.1. The molecule has 0 spiro atoms. The molecule has 5 nitrogen and oxygen atoms in total. The molecule has 1 aromatic rings. The number of carboxylic acids is 1. The van der Waals surface area contributed by atoms with Gasteiger partial charge in [0.2, 0.25) is 5.91 Å². The Balaban J connectivity index is 1.95. The number of carboxylic acid groups (broad SMARTS) is 1. The van der Waals surface area contributed by atoms with Crippen LogP contribution in [-0.2, 0) is 9.59 Å². The van der Waals surface area contributed by atoms with Crippen LogP contribution in [0.2, 0.25) is 0 Å². The Bertz CT molecular complexity index is 535. The summed E-state index contributed by atoms with van der Waals surface area (Å²) in [6, 6.07) is 5.70. The van der Waals surface area contributed by atoms with Gasteiger partial charge in [-0.25, -0.2) is 0 Å². The fraction of sp³-hybridized carbons (Fsp3) is 0.429. The summed E-state index contributed by atoms with van der Waals surface area (Å²) in [5.74, 6) is -2.09. The van der Waals surface area contributed by atoms with Crippen molar-refractivity contribution in [2.75, 3.05) is 5.32 Å². The minimum absolute atomic E-state index is 0.0439. The van der Waals surface area contributed by atoms with Gasteiger partial charge in [-0.05, 0) is 31.4 Å². The zero-order valence-corrected chi connectivity index (χ0v) is 11.1. The molecule has 0 heterocycles. The number of rotatable bonds is 5. The molecular weight excluding hydrogens is 284 g/mol. The van der Waals surface area contributed by atoms with E-state index in [0.717, 1.165) is 0 Å². The molecule has 0 aromatic heterocycles. The average Bonchev–Trinajstić information content (AvgIpc) is 2.88. The van der Waals surface area contributed by atoms with Gasteiger partial charge in [0, 0.05) is 17.7 Å². The van der Waals surface area contributed by atoms with E-state index in [0.29, 0.717) is 24.9 Å². The molecule has 7 heteroatoms. The van der Waals surface area contributed by atoms with Gasteiger partial charge in [-0.3, -0.25) is 9.59 Å². The number of amides is 1. The van der Waals surface area contributed by atoms with Crippen molar-refractivity contribution in [2.24, 2.45) is 11.8 Å². The number of hydrogen-bond donors (Lipinski definition) is 2. The molecule has 0 unspecified atom stereocenters. The van der Waals surface area contributed by atoms with E-state index in [2.05, 4.69) is 10.1 Å². The highest BCUT2D eigenvalue weighted by molar-refractivity contribution is 5.93. The Morgan fingerprint density at radius 1 is 1.29 bits per heavy atom. The van der Waals surface area contributed by atoms with Gasteiger partial charge in [0.15, 0.2) is 0 Å². The van der Waals surface area contributed by atoms with Gasteiger partial charge in [-0.15, -0.1) is 0 Å². The molecule has 0 aliphatic heterocycles. The highest BCUT2D eigenvalue weighted by atomic mass is 19.3. The van der Waals surface area contributed by atoms with Crippen LogP contribution in [0.3, 0.4) is 0 Å². The van der Waals surface area contributed by atoms with Gasteiger partial charge in [-0.2, -0.15) is 8.78 Å². The van der Waals surface area contributed by atoms with Crippen molar-refractivity contribution in [1.82, 2.24) is 0 Å². The molecule has 1 aliphatic carbocycles. The van der Waals surface area contributed by atoms with Gasteiger partial charge in [0.25, 0.3) is 0 Å². The average molecular weight is 299 g/mol. The number of anilines is 1. The van der Waals surface area contributed by atoms with Crippen LogP contribution >= 0.6 is 0 Å². The van der Waals surface area contributed by atoms with Gasteiger partial charge in [-0.1, -0.05) is 6.07 Å². The van der Waals surface area contributed by atoms with Crippen molar-refractivity contribution in [3.8, 4) is 5.75 Å². The Hall–Kier alpha value is -2.18. The second-order valence-corrected chi connectivity index (χ2v) is 4.94. The summed E-state index contributed by atoms with van der Waals surface area (Å²) in [5, 5.41) is 11.5. The monoisotopic (exact) mass is 299 g/mol. The van der Waals surface area contributed by atoms with E-state index in [1.165, 1.54) is 18.2 Å². The molecule has 2 rings (SSSR count). The number of aliphatic carboxylic acids is 1. The number of carbonyl (C=O) groups excluding carboxylic acids is 1. The van der Waals surface area contributed by atoms with Crippen molar-refractivity contribution in [1.29, 1.82) is 0 Å². The van der Waals surface area contributed by atoms with Crippen molar-refractivity contribution in [3.05, 3.63) is 24.3 Å². The molecular formula is C14H15F2NO4. The lowest BCUT2D eigenvalue weighted by Crippen LogP contribution is -2.21. The third-order valence-electron chi connectivity index (χ3n) is 3.48. The van der Waals surface area contributed by atoms with Crippen LogP contribution in [0.25, 0.3) is 0 Å². The number of alkyl halides is 2. The highest BCUT2D eigenvalue weighted by Crippen LogP contribution is 2.32. The lowest BCUT2D eigenvalue weighted by atomic mass is 10.0. The van der Waals surface area contributed by atoms with Crippen LogP contribution in [-0.4, -0.2) is 23.6 Å².